The van der Waals surface area contributed by atoms with E-state index >= 15 is 0 Å². The highest BCUT2D eigenvalue weighted by atomic mass is 19.1. The summed E-state index contributed by atoms with van der Waals surface area (Å²) < 4.78 is 12.9. The lowest BCUT2D eigenvalue weighted by Crippen LogP contribution is -2.36. The SMILES string of the molecule is O=C(c1ccc(F)cc1)C1CCN(c2ccccc2)CC1. The van der Waals surface area contributed by atoms with Crippen molar-refractivity contribution in [1.82, 2.24) is 0 Å². The molecule has 1 aliphatic heterocycles. The molecule has 0 aliphatic carbocycles. The quantitative estimate of drug-likeness (QED) is 0.796. The van der Waals surface area contributed by atoms with Gasteiger partial charge in [-0.2, -0.15) is 0 Å². The van der Waals surface area contributed by atoms with E-state index in [4.69, 9.17) is 0 Å². The van der Waals surface area contributed by atoms with E-state index in [1.807, 2.05) is 18.2 Å². The Balaban J connectivity index is 1.63. The first-order valence-electron chi connectivity index (χ1n) is 7.34. The number of carbonyl (C=O) groups is 1. The van der Waals surface area contributed by atoms with E-state index in [1.165, 1.54) is 17.8 Å². The van der Waals surface area contributed by atoms with Gasteiger partial charge in [0.2, 0.25) is 0 Å². The second-order valence-corrected chi connectivity index (χ2v) is 5.47. The Morgan fingerprint density at radius 3 is 2.19 bits per heavy atom. The third-order valence-electron chi connectivity index (χ3n) is 4.12. The van der Waals surface area contributed by atoms with Crippen LogP contribution in [0.4, 0.5) is 10.1 Å². The smallest absolute Gasteiger partial charge is 0.166 e. The fourth-order valence-corrected chi connectivity index (χ4v) is 2.89. The Hall–Kier alpha value is -2.16. The Kier molecular flexibility index (Phi) is 4.00. The van der Waals surface area contributed by atoms with Gasteiger partial charge in [0.1, 0.15) is 5.82 Å². The maximum atomic E-state index is 12.9. The van der Waals surface area contributed by atoms with Crippen LogP contribution in [-0.4, -0.2) is 18.9 Å². The number of Topliss-reactive ketones (excluding diaryl/α,β-unsaturated/α-hetero) is 1. The number of carbonyl (C=O) groups excluding carboxylic acids is 1. The second kappa shape index (κ2) is 6.08. The number of rotatable bonds is 3. The van der Waals surface area contributed by atoms with Crippen molar-refractivity contribution in [2.24, 2.45) is 5.92 Å². The molecule has 21 heavy (non-hydrogen) atoms. The van der Waals surface area contributed by atoms with Gasteiger partial charge in [0.05, 0.1) is 0 Å². The van der Waals surface area contributed by atoms with E-state index in [2.05, 4.69) is 17.0 Å². The molecule has 2 nitrogen and oxygen atoms in total. The molecule has 1 heterocycles. The molecule has 0 radical (unpaired) electrons. The maximum Gasteiger partial charge on any atom is 0.166 e. The van der Waals surface area contributed by atoms with Crippen molar-refractivity contribution in [3.63, 3.8) is 0 Å². The van der Waals surface area contributed by atoms with Crippen molar-refractivity contribution >= 4 is 11.5 Å². The molecule has 0 unspecified atom stereocenters. The normalized spacial score (nSPS) is 16.0. The number of piperidine rings is 1. The van der Waals surface area contributed by atoms with Crippen molar-refractivity contribution in [1.29, 1.82) is 0 Å². The molecule has 2 aromatic carbocycles. The first kappa shape index (κ1) is 13.8. The Morgan fingerprint density at radius 1 is 0.952 bits per heavy atom. The molecule has 3 rings (SSSR count). The van der Waals surface area contributed by atoms with Gasteiger partial charge < -0.3 is 4.90 Å². The van der Waals surface area contributed by atoms with Crippen molar-refractivity contribution in [2.45, 2.75) is 12.8 Å². The fourth-order valence-electron chi connectivity index (χ4n) is 2.89. The summed E-state index contributed by atoms with van der Waals surface area (Å²) in [4.78, 5) is 14.7. The van der Waals surface area contributed by atoms with Crippen molar-refractivity contribution in [2.75, 3.05) is 18.0 Å². The zero-order valence-electron chi connectivity index (χ0n) is 11.8. The molecule has 1 fully saturated rings. The molecule has 0 saturated carbocycles. The van der Waals surface area contributed by atoms with Gasteiger partial charge in [0, 0.05) is 30.3 Å². The van der Waals surface area contributed by atoms with Crippen molar-refractivity contribution in [3.05, 3.63) is 66.0 Å². The minimum absolute atomic E-state index is 0.0513. The van der Waals surface area contributed by atoms with Crippen LogP contribution in [0.1, 0.15) is 23.2 Å². The average Bonchev–Trinajstić information content (AvgIpc) is 2.56. The minimum Gasteiger partial charge on any atom is -0.371 e. The first-order valence-corrected chi connectivity index (χ1v) is 7.34. The van der Waals surface area contributed by atoms with Crippen LogP contribution in [0.3, 0.4) is 0 Å². The minimum atomic E-state index is -0.301. The van der Waals surface area contributed by atoms with E-state index in [1.54, 1.807) is 12.1 Å². The Morgan fingerprint density at radius 2 is 1.57 bits per heavy atom. The summed E-state index contributed by atoms with van der Waals surface area (Å²) in [6.07, 6.45) is 1.70. The lowest BCUT2D eigenvalue weighted by molar-refractivity contribution is 0.0900. The molecule has 0 spiro atoms. The predicted molar refractivity (Wildman–Crippen MR) is 82.1 cm³/mol. The number of ketones is 1. The molecule has 3 heteroatoms. The highest BCUT2D eigenvalue weighted by Gasteiger charge is 2.25. The molecule has 0 atom stereocenters. The van der Waals surface area contributed by atoms with Gasteiger partial charge in [-0.15, -0.1) is 0 Å². The van der Waals surface area contributed by atoms with E-state index < -0.39 is 0 Å². The van der Waals surface area contributed by atoms with Gasteiger partial charge in [-0.25, -0.2) is 4.39 Å². The number of benzene rings is 2. The van der Waals surface area contributed by atoms with E-state index in [9.17, 15) is 9.18 Å². The largest absolute Gasteiger partial charge is 0.371 e. The summed E-state index contributed by atoms with van der Waals surface area (Å²) in [5.41, 5.74) is 1.83. The van der Waals surface area contributed by atoms with Crippen LogP contribution in [-0.2, 0) is 0 Å². The number of para-hydroxylation sites is 1. The molecule has 0 aromatic heterocycles. The number of hydrogen-bond donors (Lipinski definition) is 0. The fraction of sp³-hybridized carbons (Fsp3) is 0.278. The Bertz CT molecular complexity index is 601. The topological polar surface area (TPSA) is 20.3 Å². The molecule has 108 valence electrons. The second-order valence-electron chi connectivity index (χ2n) is 5.47. The number of anilines is 1. The average molecular weight is 283 g/mol. The molecule has 1 saturated heterocycles. The van der Waals surface area contributed by atoms with E-state index in [0.29, 0.717) is 5.56 Å². The van der Waals surface area contributed by atoms with Crippen molar-refractivity contribution in [3.8, 4) is 0 Å². The zero-order valence-corrected chi connectivity index (χ0v) is 11.8. The van der Waals surface area contributed by atoms with Crippen LogP contribution >= 0.6 is 0 Å². The lowest BCUT2D eigenvalue weighted by atomic mass is 9.88. The molecular weight excluding hydrogens is 265 g/mol. The molecule has 0 N–H and O–H groups in total. The van der Waals surface area contributed by atoms with E-state index in [-0.39, 0.29) is 17.5 Å². The number of halogens is 1. The van der Waals surface area contributed by atoms with Gasteiger partial charge in [0.15, 0.2) is 5.78 Å². The van der Waals surface area contributed by atoms with Crippen molar-refractivity contribution < 1.29 is 9.18 Å². The summed E-state index contributed by atoms with van der Waals surface area (Å²) >= 11 is 0. The standard InChI is InChI=1S/C18H18FNO/c19-16-8-6-14(7-9-16)18(21)15-10-12-20(13-11-15)17-4-2-1-3-5-17/h1-9,15H,10-13H2. The summed E-state index contributed by atoms with van der Waals surface area (Å²) in [5.74, 6) is -0.108. The van der Waals surface area contributed by atoms with Crippen LogP contribution < -0.4 is 4.90 Å². The van der Waals surface area contributed by atoms with Crippen LogP contribution in [0, 0.1) is 11.7 Å². The molecule has 1 aliphatic rings. The number of hydrogen-bond acceptors (Lipinski definition) is 2. The lowest BCUT2D eigenvalue weighted by Gasteiger charge is -2.33. The van der Waals surface area contributed by atoms with Crippen LogP contribution in [0.5, 0.6) is 0 Å². The third-order valence-corrected chi connectivity index (χ3v) is 4.12. The van der Waals surface area contributed by atoms with Gasteiger partial charge in [-0.05, 0) is 49.2 Å². The molecule has 0 amide bonds. The summed E-state index contributed by atoms with van der Waals surface area (Å²) in [5, 5.41) is 0. The molecule has 0 bridgehead atoms. The van der Waals surface area contributed by atoms with Crippen LogP contribution in [0.15, 0.2) is 54.6 Å². The maximum absolute atomic E-state index is 12.9. The summed E-state index contributed by atoms with van der Waals surface area (Å²) in [6, 6.07) is 16.1. The van der Waals surface area contributed by atoms with Crippen LogP contribution in [0.2, 0.25) is 0 Å². The number of nitrogens with zero attached hydrogens (tertiary/aromatic N) is 1. The van der Waals surface area contributed by atoms with Gasteiger partial charge in [0.25, 0.3) is 0 Å². The Labute approximate surface area is 124 Å². The van der Waals surface area contributed by atoms with Crippen LogP contribution in [0.25, 0.3) is 0 Å². The van der Waals surface area contributed by atoms with Gasteiger partial charge in [-0.1, -0.05) is 18.2 Å². The highest BCUT2D eigenvalue weighted by Crippen LogP contribution is 2.25. The predicted octanol–water partition coefficient (Wildman–Crippen LogP) is 3.93. The summed E-state index contributed by atoms with van der Waals surface area (Å²) in [6.45, 7) is 1.78. The molecule has 2 aromatic rings. The molecular formula is C18H18FNO. The third kappa shape index (κ3) is 3.13. The van der Waals surface area contributed by atoms with Gasteiger partial charge >= 0.3 is 0 Å². The van der Waals surface area contributed by atoms with Gasteiger partial charge in [-0.3, -0.25) is 4.79 Å². The monoisotopic (exact) mass is 283 g/mol. The highest BCUT2D eigenvalue weighted by molar-refractivity contribution is 5.97. The zero-order chi connectivity index (χ0) is 14.7. The summed E-state index contributed by atoms with van der Waals surface area (Å²) in [7, 11) is 0. The van der Waals surface area contributed by atoms with E-state index in [0.717, 1.165) is 25.9 Å². The first-order chi connectivity index (χ1) is 10.2.